The number of hydrogen-bond acceptors (Lipinski definition) is 4. The first-order valence-corrected chi connectivity index (χ1v) is 11.1. The second-order valence-electron chi connectivity index (χ2n) is 7.06. The van der Waals surface area contributed by atoms with Crippen LogP contribution in [0.3, 0.4) is 0 Å². The molecule has 7 nitrogen and oxygen atoms in total. The number of carboxylic acids is 1. The molecule has 0 heterocycles. The lowest BCUT2D eigenvalue weighted by Gasteiger charge is -2.20. The molecule has 3 aromatic carbocycles. The van der Waals surface area contributed by atoms with Crippen LogP contribution in [0.4, 0.5) is 11.4 Å². The molecule has 0 aliphatic heterocycles. The molecule has 0 amide bonds. The molecule has 0 saturated heterocycles. The second-order valence-corrected chi connectivity index (χ2v) is 7.88. The van der Waals surface area contributed by atoms with Crippen molar-refractivity contribution in [2.45, 2.75) is 19.8 Å². The van der Waals surface area contributed by atoms with Crippen molar-refractivity contribution in [1.29, 1.82) is 0 Å². The Hall–Kier alpha value is -3.36. The van der Waals surface area contributed by atoms with Gasteiger partial charge < -0.3 is 14.6 Å². The van der Waals surface area contributed by atoms with Gasteiger partial charge in [0.15, 0.2) is 0 Å². The molecule has 0 aromatic heterocycles. The minimum atomic E-state index is -2.22. The van der Waals surface area contributed by atoms with Gasteiger partial charge in [-0.15, -0.1) is 0 Å². The Morgan fingerprint density at radius 1 is 0.938 bits per heavy atom. The van der Waals surface area contributed by atoms with Crippen LogP contribution in [0.5, 0.6) is 11.5 Å². The van der Waals surface area contributed by atoms with Crippen molar-refractivity contribution in [3.05, 3.63) is 83.9 Å². The molecule has 0 fully saturated rings. The number of benzene rings is 3. The third-order valence-electron chi connectivity index (χ3n) is 4.65. The Morgan fingerprint density at radius 2 is 1.66 bits per heavy atom. The largest absolute Gasteiger partial charge is 0.490 e. The van der Waals surface area contributed by atoms with E-state index in [2.05, 4.69) is 0 Å². The van der Waals surface area contributed by atoms with Crippen molar-refractivity contribution in [3.63, 3.8) is 0 Å². The molecule has 32 heavy (non-hydrogen) atoms. The number of aliphatic carboxylic acids is 1. The van der Waals surface area contributed by atoms with Crippen molar-refractivity contribution in [2.75, 3.05) is 17.5 Å². The summed E-state index contributed by atoms with van der Waals surface area (Å²) in [6.45, 7) is 2.51. The molecular weight excluding hydrogens is 430 g/mol. The van der Waals surface area contributed by atoms with Crippen molar-refractivity contribution >= 4 is 28.6 Å². The van der Waals surface area contributed by atoms with E-state index in [-0.39, 0.29) is 6.42 Å². The fraction of sp³-hybridized carbons (Fsp3) is 0.208. The predicted octanol–water partition coefficient (Wildman–Crippen LogP) is 4.74. The molecule has 1 atom stereocenters. The number of aryl methyl sites for hydroxylation is 2. The highest BCUT2D eigenvalue weighted by Gasteiger charge is 2.15. The van der Waals surface area contributed by atoms with Crippen LogP contribution < -0.4 is 13.8 Å². The van der Waals surface area contributed by atoms with Gasteiger partial charge in [-0.25, -0.2) is 8.51 Å². The van der Waals surface area contributed by atoms with Gasteiger partial charge in [0.1, 0.15) is 24.7 Å². The van der Waals surface area contributed by atoms with E-state index in [0.29, 0.717) is 42.5 Å². The summed E-state index contributed by atoms with van der Waals surface area (Å²) in [7, 11) is 0. The summed E-state index contributed by atoms with van der Waals surface area (Å²) in [6.07, 6.45) is 0.443. The van der Waals surface area contributed by atoms with Gasteiger partial charge in [-0.1, -0.05) is 30.3 Å². The number of carbonyl (C=O) groups is 1. The number of para-hydroxylation sites is 1. The van der Waals surface area contributed by atoms with Gasteiger partial charge in [-0.3, -0.25) is 9.35 Å². The molecule has 0 aliphatic rings. The molecule has 3 rings (SSSR count). The molecule has 2 N–H and O–H groups in total. The fourth-order valence-electron chi connectivity index (χ4n) is 3.17. The van der Waals surface area contributed by atoms with Crippen LogP contribution in [0, 0.1) is 6.92 Å². The summed E-state index contributed by atoms with van der Waals surface area (Å²) in [5.41, 5.74) is 3.01. The lowest BCUT2D eigenvalue weighted by atomic mass is 10.1. The normalized spacial score (nSPS) is 11.6. The van der Waals surface area contributed by atoms with E-state index in [1.165, 1.54) is 4.31 Å². The quantitative estimate of drug-likeness (QED) is 0.320. The first kappa shape index (κ1) is 23.3. The molecule has 0 saturated carbocycles. The lowest BCUT2D eigenvalue weighted by Crippen LogP contribution is -2.19. The third-order valence-corrected chi connectivity index (χ3v) is 5.39. The molecular formula is C24H25NO6S. The average Bonchev–Trinajstić information content (AvgIpc) is 2.77. The Morgan fingerprint density at radius 3 is 2.34 bits per heavy atom. The summed E-state index contributed by atoms with van der Waals surface area (Å²) in [4.78, 5) is 10.8. The highest BCUT2D eigenvalue weighted by atomic mass is 32.2. The molecule has 8 heteroatoms. The van der Waals surface area contributed by atoms with Crippen LogP contribution in [0.15, 0.2) is 72.8 Å². The summed E-state index contributed by atoms with van der Waals surface area (Å²) in [5.74, 6) is 0.397. The summed E-state index contributed by atoms with van der Waals surface area (Å²) < 4.78 is 34.5. The topological polar surface area (TPSA) is 96.3 Å². The average molecular weight is 456 g/mol. The minimum absolute atomic E-state index is 0.0431. The highest BCUT2D eigenvalue weighted by molar-refractivity contribution is 7.81. The zero-order valence-electron chi connectivity index (χ0n) is 17.6. The Balaban J connectivity index is 1.56. The molecule has 0 radical (unpaired) electrons. The van der Waals surface area contributed by atoms with Gasteiger partial charge in [-0.05, 0) is 66.9 Å². The molecule has 0 bridgehead atoms. The second kappa shape index (κ2) is 11.3. The van der Waals surface area contributed by atoms with Crippen LogP contribution >= 0.6 is 0 Å². The van der Waals surface area contributed by atoms with E-state index in [1.807, 2.05) is 43.3 Å². The number of ether oxygens (including phenoxy) is 2. The van der Waals surface area contributed by atoms with Crippen molar-refractivity contribution in [3.8, 4) is 11.5 Å². The Bertz CT molecular complexity index is 1070. The standard InChI is InChI=1S/C24H25NO6S/c1-18-5-4-7-21(17-18)25(32(28)29)20-10-12-22(13-11-20)30-15-16-31-23-8-3-2-6-19(23)9-14-24(26)27/h2-8,10-13,17H,9,14-16H2,1H3,(H,26,27)(H,28,29). The number of hydrogen-bond donors (Lipinski definition) is 2. The summed E-state index contributed by atoms with van der Waals surface area (Å²) >= 11 is -2.22. The summed E-state index contributed by atoms with van der Waals surface area (Å²) in [5, 5.41) is 8.87. The Kier molecular flexibility index (Phi) is 8.24. The van der Waals surface area contributed by atoms with E-state index >= 15 is 0 Å². The van der Waals surface area contributed by atoms with Crippen LogP contribution in [0.25, 0.3) is 0 Å². The van der Waals surface area contributed by atoms with E-state index < -0.39 is 17.2 Å². The van der Waals surface area contributed by atoms with Crippen molar-refractivity contribution in [2.24, 2.45) is 0 Å². The highest BCUT2D eigenvalue weighted by Crippen LogP contribution is 2.29. The summed E-state index contributed by atoms with van der Waals surface area (Å²) in [6, 6.07) is 21.6. The van der Waals surface area contributed by atoms with E-state index in [0.717, 1.165) is 11.1 Å². The first-order valence-electron chi connectivity index (χ1n) is 10.1. The van der Waals surface area contributed by atoms with Gasteiger partial charge in [0.05, 0.1) is 11.4 Å². The maximum Gasteiger partial charge on any atom is 0.303 e. The minimum Gasteiger partial charge on any atom is -0.490 e. The molecule has 1 unspecified atom stereocenters. The maximum absolute atomic E-state index is 11.9. The van der Waals surface area contributed by atoms with Crippen LogP contribution in [-0.2, 0) is 22.5 Å². The maximum atomic E-state index is 11.9. The number of carboxylic acid groups (broad SMARTS) is 1. The smallest absolute Gasteiger partial charge is 0.303 e. The zero-order chi connectivity index (χ0) is 22.9. The lowest BCUT2D eigenvalue weighted by molar-refractivity contribution is -0.136. The van der Waals surface area contributed by atoms with Crippen LogP contribution in [0.2, 0.25) is 0 Å². The molecule has 0 spiro atoms. The third kappa shape index (κ3) is 6.57. The van der Waals surface area contributed by atoms with Crippen molar-refractivity contribution in [1.82, 2.24) is 0 Å². The van der Waals surface area contributed by atoms with E-state index in [4.69, 9.17) is 14.6 Å². The van der Waals surface area contributed by atoms with Crippen molar-refractivity contribution < 1.29 is 28.1 Å². The van der Waals surface area contributed by atoms with Gasteiger partial charge in [0.25, 0.3) is 11.3 Å². The van der Waals surface area contributed by atoms with Gasteiger partial charge in [0.2, 0.25) is 0 Å². The molecule has 0 aliphatic carbocycles. The van der Waals surface area contributed by atoms with Gasteiger partial charge >= 0.3 is 5.97 Å². The first-order chi connectivity index (χ1) is 15.4. The van der Waals surface area contributed by atoms with E-state index in [1.54, 1.807) is 36.4 Å². The zero-order valence-corrected chi connectivity index (χ0v) is 18.5. The van der Waals surface area contributed by atoms with Gasteiger partial charge in [0, 0.05) is 6.42 Å². The number of anilines is 2. The van der Waals surface area contributed by atoms with Gasteiger partial charge in [-0.2, -0.15) is 0 Å². The number of rotatable bonds is 11. The molecule has 168 valence electrons. The molecule has 3 aromatic rings. The van der Waals surface area contributed by atoms with Crippen LogP contribution in [-0.4, -0.2) is 33.1 Å². The van der Waals surface area contributed by atoms with E-state index in [9.17, 15) is 13.6 Å². The predicted molar refractivity (Wildman–Crippen MR) is 124 cm³/mol. The Labute approximate surface area is 189 Å². The monoisotopic (exact) mass is 455 g/mol. The SMILES string of the molecule is Cc1cccc(N(c2ccc(OCCOc3ccccc3CCC(=O)O)cc2)S(=O)O)c1. The number of nitrogens with zero attached hydrogens (tertiary/aromatic N) is 1. The van der Waals surface area contributed by atoms with Crippen LogP contribution in [0.1, 0.15) is 17.5 Å². The fourth-order valence-corrected chi connectivity index (χ4v) is 3.76.